The van der Waals surface area contributed by atoms with Crippen LogP contribution < -0.4 is 10.2 Å². The third-order valence-corrected chi connectivity index (χ3v) is 3.86. The molecule has 1 heterocycles. The summed E-state index contributed by atoms with van der Waals surface area (Å²) in [6.45, 7) is 9.76. The Hall–Kier alpha value is -2.89. The molecular weight excluding hydrogens is 342 g/mol. The van der Waals surface area contributed by atoms with Crippen molar-refractivity contribution in [3.05, 3.63) is 53.7 Å². The number of carbonyl (C=O) groups is 2. The van der Waals surface area contributed by atoms with Crippen molar-refractivity contribution < 1.29 is 14.7 Å². The first-order valence-electron chi connectivity index (χ1n) is 9.12. The van der Waals surface area contributed by atoms with Gasteiger partial charge in [0.2, 0.25) is 0 Å². The van der Waals surface area contributed by atoms with Crippen LogP contribution in [-0.2, 0) is 0 Å². The first kappa shape index (κ1) is 20.4. The summed E-state index contributed by atoms with van der Waals surface area (Å²) in [6, 6.07) is 10.2. The highest BCUT2D eigenvalue weighted by atomic mass is 16.4. The summed E-state index contributed by atoms with van der Waals surface area (Å²) in [4.78, 5) is 30.5. The van der Waals surface area contributed by atoms with Crippen LogP contribution in [-0.4, -0.2) is 35.1 Å². The van der Waals surface area contributed by atoms with Gasteiger partial charge in [-0.25, -0.2) is 9.78 Å². The van der Waals surface area contributed by atoms with Crippen molar-refractivity contribution in [3.8, 4) is 0 Å². The number of amides is 1. The summed E-state index contributed by atoms with van der Waals surface area (Å²) in [7, 11) is 0. The second kappa shape index (κ2) is 9.16. The van der Waals surface area contributed by atoms with Crippen molar-refractivity contribution in [3.63, 3.8) is 0 Å². The second-order valence-electron chi connectivity index (χ2n) is 7.41. The first-order valence-corrected chi connectivity index (χ1v) is 9.12. The maximum absolute atomic E-state index is 12.3. The zero-order valence-electron chi connectivity index (χ0n) is 16.3. The van der Waals surface area contributed by atoms with Gasteiger partial charge in [0.15, 0.2) is 0 Å². The molecule has 0 spiro atoms. The molecule has 0 fully saturated rings. The number of benzene rings is 1. The van der Waals surface area contributed by atoms with E-state index in [2.05, 4.69) is 38.0 Å². The highest BCUT2D eigenvalue weighted by Gasteiger charge is 2.21. The van der Waals surface area contributed by atoms with Crippen LogP contribution in [0.1, 0.15) is 48.4 Å². The van der Waals surface area contributed by atoms with Crippen LogP contribution >= 0.6 is 0 Å². The number of pyridine rings is 1. The Bertz CT molecular complexity index is 779. The Morgan fingerprint density at radius 2 is 1.67 bits per heavy atom. The summed E-state index contributed by atoms with van der Waals surface area (Å²) in [5.41, 5.74) is 0.945. The molecule has 6 nitrogen and oxygen atoms in total. The Morgan fingerprint density at radius 1 is 1.07 bits per heavy atom. The number of hydrogen-bond donors (Lipinski definition) is 2. The molecule has 2 rings (SSSR count). The van der Waals surface area contributed by atoms with Crippen LogP contribution in [0, 0.1) is 11.8 Å². The number of carboxylic acid groups (broad SMARTS) is 1. The normalized spacial score (nSPS) is 10.9. The average Bonchev–Trinajstić information content (AvgIpc) is 2.61. The Balaban J connectivity index is 2.32. The summed E-state index contributed by atoms with van der Waals surface area (Å²) < 4.78 is 0. The first-order chi connectivity index (χ1) is 12.8. The lowest BCUT2D eigenvalue weighted by Gasteiger charge is -2.28. The van der Waals surface area contributed by atoms with Crippen molar-refractivity contribution >= 4 is 23.4 Å². The van der Waals surface area contributed by atoms with Gasteiger partial charge in [-0.05, 0) is 30.0 Å². The van der Waals surface area contributed by atoms with Gasteiger partial charge in [-0.15, -0.1) is 0 Å². The number of nitrogens with zero attached hydrogens (tertiary/aromatic N) is 2. The minimum Gasteiger partial charge on any atom is -0.478 e. The standard InChI is InChI=1S/C21H27N3O3/c1-14(2)12-24(13-15(3)4)19-18(21(26)27)10-17(11-22-19)23-20(25)16-8-6-5-7-9-16/h5-11,14-15H,12-13H2,1-4H3,(H,23,25)(H,26,27). The largest absolute Gasteiger partial charge is 0.478 e. The van der Waals surface area contributed by atoms with E-state index in [4.69, 9.17) is 0 Å². The van der Waals surface area contributed by atoms with E-state index in [1.54, 1.807) is 24.3 Å². The molecule has 0 saturated carbocycles. The number of nitrogens with one attached hydrogen (secondary N) is 1. The quantitative estimate of drug-likeness (QED) is 0.730. The average molecular weight is 369 g/mol. The lowest BCUT2D eigenvalue weighted by molar-refractivity contribution is 0.0696. The van der Waals surface area contributed by atoms with Crippen molar-refractivity contribution in [2.45, 2.75) is 27.7 Å². The van der Waals surface area contributed by atoms with E-state index in [9.17, 15) is 14.7 Å². The zero-order chi connectivity index (χ0) is 20.0. The topological polar surface area (TPSA) is 82.5 Å². The van der Waals surface area contributed by atoms with Crippen LogP contribution in [0.5, 0.6) is 0 Å². The van der Waals surface area contributed by atoms with E-state index in [-0.39, 0.29) is 11.5 Å². The molecule has 0 saturated heterocycles. The summed E-state index contributed by atoms with van der Waals surface area (Å²) in [5.74, 6) is -0.203. The SMILES string of the molecule is CC(C)CN(CC(C)C)c1ncc(NC(=O)c2ccccc2)cc1C(=O)O. The van der Waals surface area contributed by atoms with Crippen molar-refractivity contribution in [2.24, 2.45) is 11.8 Å². The van der Waals surface area contributed by atoms with Gasteiger partial charge < -0.3 is 15.3 Å². The highest BCUT2D eigenvalue weighted by Crippen LogP contribution is 2.24. The van der Waals surface area contributed by atoms with E-state index in [1.807, 2.05) is 11.0 Å². The van der Waals surface area contributed by atoms with Gasteiger partial charge in [-0.3, -0.25) is 4.79 Å². The monoisotopic (exact) mass is 369 g/mol. The van der Waals surface area contributed by atoms with E-state index in [1.165, 1.54) is 12.3 Å². The number of aromatic carboxylic acids is 1. The number of rotatable bonds is 8. The van der Waals surface area contributed by atoms with Gasteiger partial charge in [-0.2, -0.15) is 0 Å². The molecule has 1 aromatic heterocycles. The van der Waals surface area contributed by atoms with Gasteiger partial charge >= 0.3 is 5.97 Å². The Labute approximate surface area is 160 Å². The Kier molecular flexibility index (Phi) is 6.93. The molecular formula is C21H27N3O3. The number of aromatic nitrogens is 1. The van der Waals surface area contributed by atoms with Crippen molar-refractivity contribution in [1.29, 1.82) is 0 Å². The molecule has 0 bridgehead atoms. The molecule has 1 amide bonds. The van der Waals surface area contributed by atoms with Crippen molar-refractivity contribution in [2.75, 3.05) is 23.3 Å². The maximum atomic E-state index is 12.3. The molecule has 27 heavy (non-hydrogen) atoms. The molecule has 1 aromatic carbocycles. The number of carboxylic acids is 1. The number of carbonyl (C=O) groups excluding carboxylic acids is 1. The third-order valence-electron chi connectivity index (χ3n) is 3.86. The smallest absolute Gasteiger partial charge is 0.339 e. The second-order valence-corrected chi connectivity index (χ2v) is 7.41. The highest BCUT2D eigenvalue weighted by molar-refractivity contribution is 6.05. The van der Waals surface area contributed by atoms with E-state index >= 15 is 0 Å². The van der Waals surface area contributed by atoms with Crippen LogP contribution in [0.15, 0.2) is 42.6 Å². The summed E-state index contributed by atoms with van der Waals surface area (Å²) >= 11 is 0. The lowest BCUT2D eigenvalue weighted by Crippen LogP contribution is -2.33. The predicted octanol–water partition coefficient (Wildman–Crippen LogP) is 4.15. The molecule has 144 valence electrons. The van der Waals surface area contributed by atoms with Crippen LogP contribution in [0.2, 0.25) is 0 Å². The molecule has 0 aliphatic rings. The fourth-order valence-corrected chi connectivity index (χ4v) is 2.86. The third kappa shape index (κ3) is 5.81. The predicted molar refractivity (Wildman–Crippen MR) is 107 cm³/mol. The molecule has 2 N–H and O–H groups in total. The molecule has 6 heteroatoms. The van der Waals surface area contributed by atoms with Crippen LogP contribution in [0.3, 0.4) is 0 Å². The van der Waals surface area contributed by atoms with Gasteiger partial charge in [0.05, 0.1) is 11.9 Å². The van der Waals surface area contributed by atoms with Crippen molar-refractivity contribution in [1.82, 2.24) is 4.98 Å². The fourth-order valence-electron chi connectivity index (χ4n) is 2.86. The van der Waals surface area contributed by atoms with Gasteiger partial charge in [0.1, 0.15) is 11.4 Å². The van der Waals surface area contributed by atoms with E-state index in [0.29, 0.717) is 42.0 Å². The fraction of sp³-hybridized carbons (Fsp3) is 0.381. The summed E-state index contributed by atoms with van der Waals surface area (Å²) in [6.07, 6.45) is 1.51. The number of anilines is 2. The van der Waals surface area contributed by atoms with Gasteiger partial charge in [-0.1, -0.05) is 45.9 Å². The van der Waals surface area contributed by atoms with E-state index in [0.717, 1.165) is 0 Å². The molecule has 0 aliphatic heterocycles. The van der Waals surface area contributed by atoms with Crippen LogP contribution in [0.25, 0.3) is 0 Å². The summed E-state index contributed by atoms with van der Waals surface area (Å²) in [5, 5.41) is 12.4. The molecule has 0 unspecified atom stereocenters. The van der Waals surface area contributed by atoms with Gasteiger partial charge in [0.25, 0.3) is 5.91 Å². The number of hydrogen-bond acceptors (Lipinski definition) is 4. The maximum Gasteiger partial charge on any atom is 0.339 e. The Morgan fingerprint density at radius 3 is 2.19 bits per heavy atom. The molecule has 0 radical (unpaired) electrons. The molecule has 0 aliphatic carbocycles. The lowest BCUT2D eigenvalue weighted by atomic mass is 10.1. The molecule has 2 aromatic rings. The minimum atomic E-state index is -1.06. The zero-order valence-corrected chi connectivity index (χ0v) is 16.3. The van der Waals surface area contributed by atoms with E-state index < -0.39 is 5.97 Å². The van der Waals surface area contributed by atoms with Gasteiger partial charge in [0, 0.05) is 18.7 Å². The van der Waals surface area contributed by atoms with Crippen LogP contribution in [0.4, 0.5) is 11.5 Å². The minimum absolute atomic E-state index is 0.0853. The molecule has 0 atom stereocenters.